The van der Waals surface area contributed by atoms with Crippen LogP contribution in [0.4, 0.5) is 4.39 Å². The van der Waals surface area contributed by atoms with Gasteiger partial charge in [0.15, 0.2) is 5.60 Å². The highest BCUT2D eigenvalue weighted by molar-refractivity contribution is 5.93. The highest BCUT2D eigenvalue weighted by Gasteiger charge is 2.46. The van der Waals surface area contributed by atoms with Crippen molar-refractivity contribution < 1.29 is 24.1 Å². The minimum atomic E-state index is -1.92. The SMILES string of the molecule is CC[C@@]1(O)C(=O)OCc2c1cc1n(c2=O)Cc2c-1nc1cc(F)c(C)c3c1c2[C@@H]([C@H](N)CO)CC3. The first-order chi connectivity index (χ1) is 16.7. The molecule has 0 amide bonds. The number of nitrogens with two attached hydrogens (primary N) is 1. The molecule has 8 nitrogen and oxygen atoms in total. The van der Waals surface area contributed by atoms with E-state index in [0.29, 0.717) is 35.3 Å². The quantitative estimate of drug-likeness (QED) is 0.383. The summed E-state index contributed by atoms with van der Waals surface area (Å²) in [7, 11) is 0. The summed E-state index contributed by atoms with van der Waals surface area (Å²) in [4.78, 5) is 30.8. The maximum atomic E-state index is 14.9. The van der Waals surface area contributed by atoms with Gasteiger partial charge in [0.05, 0.1) is 35.6 Å². The van der Waals surface area contributed by atoms with E-state index < -0.39 is 17.6 Å². The minimum Gasteiger partial charge on any atom is -0.458 e. The maximum Gasteiger partial charge on any atom is 0.343 e. The number of carbonyl (C=O) groups is 1. The summed E-state index contributed by atoms with van der Waals surface area (Å²) in [5.74, 6) is -1.32. The fourth-order valence-corrected chi connectivity index (χ4v) is 6.15. The summed E-state index contributed by atoms with van der Waals surface area (Å²) < 4.78 is 21.6. The first kappa shape index (κ1) is 22.3. The van der Waals surface area contributed by atoms with Gasteiger partial charge in [0.2, 0.25) is 0 Å². The topological polar surface area (TPSA) is 128 Å². The first-order valence-corrected chi connectivity index (χ1v) is 11.9. The number of hydrogen-bond acceptors (Lipinski definition) is 7. The molecule has 0 bridgehead atoms. The molecular formula is C26H26FN3O5. The second-order valence-electron chi connectivity index (χ2n) is 9.80. The van der Waals surface area contributed by atoms with E-state index in [0.717, 1.165) is 22.1 Å². The number of carbonyl (C=O) groups excluding carboxylic acids is 1. The number of aliphatic hydroxyl groups excluding tert-OH is 1. The van der Waals surface area contributed by atoms with Crippen LogP contribution in [0.5, 0.6) is 0 Å². The lowest BCUT2D eigenvalue weighted by Gasteiger charge is -2.32. The molecular weight excluding hydrogens is 453 g/mol. The predicted molar refractivity (Wildman–Crippen MR) is 125 cm³/mol. The average Bonchev–Trinajstić information content (AvgIpc) is 3.23. The van der Waals surface area contributed by atoms with Gasteiger partial charge in [-0.3, -0.25) is 4.79 Å². The number of aryl methyl sites for hydroxylation is 1. The molecule has 0 saturated carbocycles. The summed E-state index contributed by atoms with van der Waals surface area (Å²) in [6.07, 6.45) is 1.31. The van der Waals surface area contributed by atoms with Gasteiger partial charge < -0.3 is 25.3 Å². The molecule has 2 aliphatic heterocycles. The summed E-state index contributed by atoms with van der Waals surface area (Å²) in [6.45, 7) is 3.23. The number of aliphatic hydroxyl groups is 2. The molecule has 1 aromatic carbocycles. The van der Waals surface area contributed by atoms with Gasteiger partial charge in [-0.15, -0.1) is 0 Å². The van der Waals surface area contributed by atoms with Gasteiger partial charge in [-0.2, -0.15) is 0 Å². The smallest absolute Gasteiger partial charge is 0.343 e. The highest BCUT2D eigenvalue weighted by atomic mass is 19.1. The van der Waals surface area contributed by atoms with Gasteiger partial charge >= 0.3 is 5.97 Å². The zero-order valence-corrected chi connectivity index (χ0v) is 19.5. The number of halogens is 1. The van der Waals surface area contributed by atoms with Gasteiger partial charge in [-0.05, 0) is 48.9 Å². The number of pyridine rings is 2. The number of rotatable bonds is 3. The van der Waals surface area contributed by atoms with E-state index >= 15 is 0 Å². The van der Waals surface area contributed by atoms with E-state index in [4.69, 9.17) is 15.5 Å². The lowest BCUT2D eigenvalue weighted by Crippen LogP contribution is -2.44. The molecule has 0 fully saturated rings. The molecule has 35 heavy (non-hydrogen) atoms. The van der Waals surface area contributed by atoms with Crippen molar-refractivity contribution in [2.75, 3.05) is 6.61 Å². The summed E-state index contributed by atoms with van der Waals surface area (Å²) in [6, 6.07) is 2.53. The molecule has 3 aliphatic rings. The Labute approximate surface area is 200 Å². The Morgan fingerprint density at radius 1 is 1.31 bits per heavy atom. The molecule has 3 aromatic rings. The summed E-state index contributed by atoms with van der Waals surface area (Å²) >= 11 is 0. The highest BCUT2D eigenvalue weighted by Crippen LogP contribution is 2.47. The van der Waals surface area contributed by atoms with Crippen molar-refractivity contribution >= 4 is 16.9 Å². The van der Waals surface area contributed by atoms with Crippen LogP contribution in [0, 0.1) is 12.7 Å². The van der Waals surface area contributed by atoms with Gasteiger partial charge in [-0.25, -0.2) is 14.2 Å². The third-order valence-corrected chi connectivity index (χ3v) is 8.15. The van der Waals surface area contributed by atoms with E-state index in [-0.39, 0.29) is 54.6 Å². The van der Waals surface area contributed by atoms with Crippen LogP contribution < -0.4 is 11.3 Å². The van der Waals surface area contributed by atoms with Crippen LogP contribution in [0.15, 0.2) is 16.9 Å². The zero-order chi connectivity index (χ0) is 24.8. The van der Waals surface area contributed by atoms with Crippen LogP contribution in [-0.2, 0) is 34.7 Å². The van der Waals surface area contributed by atoms with Crippen molar-refractivity contribution in [3.8, 4) is 11.4 Å². The molecule has 4 N–H and O–H groups in total. The predicted octanol–water partition coefficient (Wildman–Crippen LogP) is 1.88. The number of fused-ring (bicyclic) bond motifs is 5. The molecule has 0 radical (unpaired) electrons. The van der Waals surface area contributed by atoms with Crippen molar-refractivity contribution in [3.05, 3.63) is 61.7 Å². The first-order valence-electron chi connectivity index (χ1n) is 11.9. The van der Waals surface area contributed by atoms with E-state index in [9.17, 15) is 24.2 Å². The van der Waals surface area contributed by atoms with E-state index in [1.807, 2.05) is 0 Å². The van der Waals surface area contributed by atoms with E-state index in [1.165, 1.54) is 6.07 Å². The molecule has 9 heteroatoms. The minimum absolute atomic E-state index is 0.0479. The van der Waals surface area contributed by atoms with Crippen molar-refractivity contribution in [3.63, 3.8) is 0 Å². The number of ether oxygens (including phenoxy) is 1. The van der Waals surface area contributed by atoms with Crippen molar-refractivity contribution in [1.29, 1.82) is 0 Å². The van der Waals surface area contributed by atoms with Crippen LogP contribution in [0.3, 0.4) is 0 Å². The van der Waals surface area contributed by atoms with Crippen molar-refractivity contribution in [1.82, 2.24) is 9.55 Å². The molecule has 3 atom stereocenters. The number of aromatic nitrogens is 2. The molecule has 2 aromatic heterocycles. The third-order valence-electron chi connectivity index (χ3n) is 8.15. The number of hydrogen-bond donors (Lipinski definition) is 3. The Morgan fingerprint density at radius 3 is 2.80 bits per heavy atom. The third kappa shape index (κ3) is 2.80. The Morgan fingerprint density at radius 2 is 2.09 bits per heavy atom. The molecule has 0 unspecified atom stereocenters. The normalized spacial score (nSPS) is 23.0. The Hall–Kier alpha value is -3.14. The second-order valence-corrected chi connectivity index (χ2v) is 9.80. The molecule has 0 spiro atoms. The average molecular weight is 480 g/mol. The molecule has 1 aliphatic carbocycles. The van der Waals surface area contributed by atoms with Crippen molar-refractivity contribution in [2.24, 2.45) is 5.73 Å². The van der Waals surface area contributed by atoms with Gasteiger partial charge in [0, 0.05) is 34.5 Å². The monoisotopic (exact) mass is 479 g/mol. The lowest BCUT2D eigenvalue weighted by molar-refractivity contribution is -0.172. The Bertz CT molecular complexity index is 1510. The van der Waals surface area contributed by atoms with Gasteiger partial charge in [0.25, 0.3) is 5.56 Å². The number of nitrogens with zero attached hydrogens (tertiary/aromatic N) is 2. The maximum absolute atomic E-state index is 14.9. The summed E-state index contributed by atoms with van der Waals surface area (Å²) in [5.41, 5.74) is 9.15. The van der Waals surface area contributed by atoms with Gasteiger partial charge in [0.1, 0.15) is 12.4 Å². The standard InChI is InChI=1S/C26H26FN3O5/c1-3-26(34)16-6-20-23-14(8-30(20)24(32)15(16)10-35-25(26)33)21-13(18(28)9-31)5-4-12-11(2)17(27)7-19(29-23)22(12)21/h6-7,13,18,31,34H,3-5,8-10,28H2,1-2H3/t13-,18-,26+/m1/s1. The molecule has 6 rings (SSSR count). The van der Waals surface area contributed by atoms with E-state index in [2.05, 4.69) is 0 Å². The van der Waals surface area contributed by atoms with E-state index in [1.54, 1.807) is 24.5 Å². The van der Waals surface area contributed by atoms with Crippen LogP contribution >= 0.6 is 0 Å². The zero-order valence-electron chi connectivity index (χ0n) is 19.5. The fourth-order valence-electron chi connectivity index (χ4n) is 6.15. The summed E-state index contributed by atoms with van der Waals surface area (Å²) in [5, 5.41) is 21.8. The van der Waals surface area contributed by atoms with Crippen LogP contribution in [0.2, 0.25) is 0 Å². The molecule has 182 valence electrons. The lowest BCUT2D eigenvalue weighted by atomic mass is 9.75. The largest absolute Gasteiger partial charge is 0.458 e. The van der Waals surface area contributed by atoms with Crippen LogP contribution in [0.25, 0.3) is 22.3 Å². The number of esters is 1. The Balaban J connectivity index is 1.69. The fraction of sp³-hybridized carbons (Fsp3) is 0.423. The number of cyclic esters (lactones) is 1. The number of benzene rings is 1. The van der Waals surface area contributed by atoms with Crippen LogP contribution in [-0.4, -0.2) is 38.4 Å². The Kier molecular flexibility index (Phi) is 4.74. The molecule has 4 heterocycles. The molecule has 0 saturated heterocycles. The van der Waals surface area contributed by atoms with Gasteiger partial charge in [-0.1, -0.05) is 6.92 Å². The van der Waals surface area contributed by atoms with Crippen LogP contribution in [0.1, 0.15) is 59.1 Å². The van der Waals surface area contributed by atoms with Crippen molar-refractivity contribution in [2.45, 2.75) is 63.8 Å². The second kappa shape index (κ2) is 7.43.